The predicted molar refractivity (Wildman–Crippen MR) is 94.4 cm³/mol. The number of amides is 1. The molecule has 26 heavy (non-hydrogen) atoms. The van der Waals surface area contributed by atoms with Gasteiger partial charge < -0.3 is 15.2 Å². The van der Waals surface area contributed by atoms with Crippen molar-refractivity contribution in [2.24, 2.45) is 0 Å². The van der Waals surface area contributed by atoms with Crippen LogP contribution in [0, 0.1) is 0 Å². The molecular weight excluding hydrogens is 360 g/mol. The SMILES string of the molecule is CCCCC(NC(=O)c1cccc(S(=O)(=O)N2CCOCC2)c1)C(=O)O. The van der Waals surface area contributed by atoms with Gasteiger partial charge in [-0.05, 0) is 24.6 Å². The van der Waals surface area contributed by atoms with Crippen LogP contribution in [0.15, 0.2) is 29.2 Å². The lowest BCUT2D eigenvalue weighted by Crippen LogP contribution is -2.41. The number of morpholine rings is 1. The summed E-state index contributed by atoms with van der Waals surface area (Å²) in [5, 5.41) is 11.7. The van der Waals surface area contributed by atoms with Gasteiger partial charge in [-0.1, -0.05) is 25.8 Å². The van der Waals surface area contributed by atoms with Crippen molar-refractivity contribution >= 4 is 21.9 Å². The maximum Gasteiger partial charge on any atom is 0.326 e. The van der Waals surface area contributed by atoms with Crippen LogP contribution in [0.25, 0.3) is 0 Å². The van der Waals surface area contributed by atoms with Gasteiger partial charge in [0.15, 0.2) is 0 Å². The Bertz CT molecular complexity index is 743. The second kappa shape index (κ2) is 9.11. The quantitative estimate of drug-likeness (QED) is 0.693. The van der Waals surface area contributed by atoms with Gasteiger partial charge in [-0.2, -0.15) is 4.31 Å². The summed E-state index contributed by atoms with van der Waals surface area (Å²) in [5.41, 5.74) is 0.113. The Kier molecular flexibility index (Phi) is 7.13. The van der Waals surface area contributed by atoms with Crippen molar-refractivity contribution in [2.45, 2.75) is 37.1 Å². The number of carbonyl (C=O) groups excluding carboxylic acids is 1. The summed E-state index contributed by atoms with van der Waals surface area (Å²) < 4.78 is 31.8. The Hall–Kier alpha value is -1.97. The molecule has 1 fully saturated rings. The Morgan fingerprint density at radius 1 is 1.31 bits per heavy atom. The molecular formula is C17H24N2O6S. The van der Waals surface area contributed by atoms with E-state index in [0.717, 1.165) is 6.42 Å². The first-order valence-electron chi connectivity index (χ1n) is 8.58. The third-order valence-electron chi connectivity index (χ3n) is 4.15. The molecule has 1 amide bonds. The van der Waals surface area contributed by atoms with Crippen LogP contribution in [0.2, 0.25) is 0 Å². The largest absolute Gasteiger partial charge is 0.480 e. The topological polar surface area (TPSA) is 113 Å². The molecule has 9 heteroatoms. The van der Waals surface area contributed by atoms with Crippen molar-refractivity contribution in [1.29, 1.82) is 0 Å². The average molecular weight is 384 g/mol. The molecule has 1 atom stereocenters. The first-order valence-corrected chi connectivity index (χ1v) is 10.0. The van der Waals surface area contributed by atoms with Gasteiger partial charge in [-0.15, -0.1) is 0 Å². The molecule has 0 spiro atoms. The highest BCUT2D eigenvalue weighted by atomic mass is 32.2. The lowest BCUT2D eigenvalue weighted by Gasteiger charge is -2.26. The van der Waals surface area contributed by atoms with Gasteiger partial charge in [0.25, 0.3) is 5.91 Å². The number of hydrogen-bond donors (Lipinski definition) is 2. The summed E-state index contributed by atoms with van der Waals surface area (Å²) in [4.78, 5) is 23.7. The standard InChI is InChI=1S/C17H24N2O6S/c1-2-3-7-15(17(21)22)18-16(20)13-5-4-6-14(12-13)26(23,24)19-8-10-25-11-9-19/h4-6,12,15H,2-3,7-11H2,1H3,(H,18,20)(H,21,22). The molecule has 0 radical (unpaired) electrons. The van der Waals surface area contributed by atoms with E-state index in [1.54, 1.807) is 0 Å². The van der Waals surface area contributed by atoms with E-state index in [4.69, 9.17) is 4.74 Å². The molecule has 0 aliphatic carbocycles. The van der Waals surface area contributed by atoms with Crippen molar-refractivity contribution in [3.8, 4) is 0 Å². The van der Waals surface area contributed by atoms with Crippen molar-refractivity contribution in [3.05, 3.63) is 29.8 Å². The van der Waals surface area contributed by atoms with E-state index in [2.05, 4.69) is 5.32 Å². The van der Waals surface area contributed by atoms with Gasteiger partial charge in [-0.25, -0.2) is 13.2 Å². The number of hydrogen-bond acceptors (Lipinski definition) is 5. The smallest absolute Gasteiger partial charge is 0.326 e. The number of aliphatic carboxylic acids is 1. The van der Waals surface area contributed by atoms with Gasteiger partial charge >= 0.3 is 5.97 Å². The van der Waals surface area contributed by atoms with Crippen LogP contribution < -0.4 is 5.32 Å². The van der Waals surface area contributed by atoms with E-state index in [9.17, 15) is 23.1 Å². The number of rotatable bonds is 8. The molecule has 1 saturated heterocycles. The molecule has 0 saturated carbocycles. The van der Waals surface area contributed by atoms with E-state index in [1.807, 2.05) is 6.92 Å². The third-order valence-corrected chi connectivity index (χ3v) is 6.05. The third kappa shape index (κ3) is 5.03. The van der Waals surface area contributed by atoms with Crippen molar-refractivity contribution in [2.75, 3.05) is 26.3 Å². The normalized spacial score (nSPS) is 16.8. The molecule has 0 aromatic heterocycles. The highest BCUT2D eigenvalue weighted by Crippen LogP contribution is 2.18. The predicted octanol–water partition coefficient (Wildman–Crippen LogP) is 1.08. The van der Waals surface area contributed by atoms with E-state index < -0.39 is 27.9 Å². The van der Waals surface area contributed by atoms with Gasteiger partial charge in [-0.3, -0.25) is 4.79 Å². The lowest BCUT2D eigenvalue weighted by molar-refractivity contribution is -0.139. The van der Waals surface area contributed by atoms with Crippen LogP contribution in [0.5, 0.6) is 0 Å². The summed E-state index contributed by atoms with van der Waals surface area (Å²) in [6.07, 6.45) is 1.80. The molecule has 8 nitrogen and oxygen atoms in total. The van der Waals surface area contributed by atoms with Gasteiger partial charge in [0.1, 0.15) is 6.04 Å². The van der Waals surface area contributed by atoms with Crippen molar-refractivity contribution < 1.29 is 27.9 Å². The van der Waals surface area contributed by atoms with Crippen LogP contribution in [-0.2, 0) is 19.6 Å². The van der Waals surface area contributed by atoms with E-state index in [0.29, 0.717) is 26.1 Å². The summed E-state index contributed by atoms with van der Waals surface area (Å²) in [6, 6.07) is 4.64. The first kappa shape index (κ1) is 20.3. The molecule has 144 valence electrons. The fourth-order valence-electron chi connectivity index (χ4n) is 2.64. The molecule has 2 N–H and O–H groups in total. The number of nitrogens with one attached hydrogen (secondary N) is 1. The maximum atomic E-state index is 12.7. The number of unbranched alkanes of at least 4 members (excludes halogenated alkanes) is 1. The average Bonchev–Trinajstić information content (AvgIpc) is 2.65. The van der Waals surface area contributed by atoms with Crippen molar-refractivity contribution in [1.82, 2.24) is 9.62 Å². The van der Waals surface area contributed by atoms with E-state index in [1.165, 1.54) is 28.6 Å². The van der Waals surface area contributed by atoms with Gasteiger partial charge in [0.2, 0.25) is 10.0 Å². The molecule has 1 unspecified atom stereocenters. The Balaban J connectivity index is 2.17. The molecule has 1 aliphatic heterocycles. The van der Waals surface area contributed by atoms with Crippen molar-refractivity contribution in [3.63, 3.8) is 0 Å². The molecule has 1 heterocycles. The number of ether oxygens (including phenoxy) is 1. The number of nitrogens with zero attached hydrogens (tertiary/aromatic N) is 1. The second-order valence-corrected chi connectivity index (χ2v) is 7.99. The summed E-state index contributed by atoms with van der Waals surface area (Å²) in [7, 11) is -3.72. The highest BCUT2D eigenvalue weighted by molar-refractivity contribution is 7.89. The van der Waals surface area contributed by atoms with Crippen LogP contribution in [0.1, 0.15) is 36.5 Å². The minimum Gasteiger partial charge on any atom is -0.480 e. The molecule has 2 rings (SSSR count). The first-order chi connectivity index (χ1) is 12.4. The molecule has 1 aromatic carbocycles. The van der Waals surface area contributed by atoms with Crippen LogP contribution in [0.4, 0.5) is 0 Å². The molecule has 1 aliphatic rings. The molecule has 0 bridgehead atoms. The van der Waals surface area contributed by atoms with E-state index in [-0.39, 0.29) is 23.5 Å². The van der Waals surface area contributed by atoms with Gasteiger partial charge in [0.05, 0.1) is 18.1 Å². The van der Waals surface area contributed by atoms with Crippen LogP contribution >= 0.6 is 0 Å². The number of sulfonamides is 1. The Morgan fingerprint density at radius 2 is 2.00 bits per heavy atom. The molecule has 1 aromatic rings. The summed E-state index contributed by atoms with van der Waals surface area (Å²) >= 11 is 0. The summed E-state index contributed by atoms with van der Waals surface area (Å²) in [5.74, 6) is -1.71. The van der Waals surface area contributed by atoms with Crippen LogP contribution in [-0.4, -0.2) is 62.1 Å². The zero-order valence-corrected chi connectivity index (χ0v) is 15.5. The lowest BCUT2D eigenvalue weighted by atomic mass is 10.1. The second-order valence-electron chi connectivity index (χ2n) is 6.05. The summed E-state index contributed by atoms with van der Waals surface area (Å²) in [6.45, 7) is 3.11. The fraction of sp³-hybridized carbons (Fsp3) is 0.529. The maximum absolute atomic E-state index is 12.7. The zero-order chi connectivity index (χ0) is 19.2. The Labute approximate surface area is 153 Å². The Morgan fingerprint density at radius 3 is 2.62 bits per heavy atom. The number of benzene rings is 1. The number of carbonyl (C=O) groups is 2. The van der Waals surface area contributed by atoms with E-state index >= 15 is 0 Å². The monoisotopic (exact) mass is 384 g/mol. The fourth-order valence-corrected chi connectivity index (χ4v) is 4.10. The minimum absolute atomic E-state index is 0.00693. The minimum atomic E-state index is -3.72. The van der Waals surface area contributed by atoms with Gasteiger partial charge in [0, 0.05) is 18.7 Å². The number of carboxylic acid groups (broad SMARTS) is 1. The van der Waals surface area contributed by atoms with Crippen LogP contribution in [0.3, 0.4) is 0 Å². The highest BCUT2D eigenvalue weighted by Gasteiger charge is 2.27. The number of carboxylic acids is 1. The zero-order valence-electron chi connectivity index (χ0n) is 14.7.